The summed E-state index contributed by atoms with van der Waals surface area (Å²) < 4.78 is 18.5. The molecule has 0 bridgehead atoms. The number of rotatable bonds is 6. The third-order valence-corrected chi connectivity index (χ3v) is 4.10. The zero-order valence-corrected chi connectivity index (χ0v) is 15.9. The standard InChI is InChI=1S/C21H23FN2O3/c1-14-6-5-7-15(2)21(14)23-19(25)13-24(3)20(26)11-9-16-8-10-18(27-4)17(22)12-16/h5-12H,13H2,1-4H3,(H,23,25)/b11-9+. The van der Waals surface area contributed by atoms with Crippen molar-refractivity contribution < 1.29 is 18.7 Å². The zero-order valence-electron chi connectivity index (χ0n) is 15.9. The van der Waals surface area contributed by atoms with Gasteiger partial charge in [-0.25, -0.2) is 4.39 Å². The first kappa shape index (κ1) is 20.2. The average molecular weight is 370 g/mol. The number of carbonyl (C=O) groups excluding carboxylic acids is 2. The Labute approximate surface area is 158 Å². The van der Waals surface area contributed by atoms with Crippen molar-refractivity contribution in [2.24, 2.45) is 0 Å². The molecular weight excluding hydrogens is 347 g/mol. The molecule has 6 heteroatoms. The molecule has 0 heterocycles. The van der Waals surface area contributed by atoms with Gasteiger partial charge in [-0.2, -0.15) is 0 Å². The molecule has 0 radical (unpaired) electrons. The minimum atomic E-state index is -0.506. The highest BCUT2D eigenvalue weighted by atomic mass is 19.1. The average Bonchev–Trinajstić information content (AvgIpc) is 2.63. The summed E-state index contributed by atoms with van der Waals surface area (Å²) in [4.78, 5) is 25.7. The molecule has 27 heavy (non-hydrogen) atoms. The second kappa shape index (κ2) is 8.98. The van der Waals surface area contributed by atoms with Crippen molar-refractivity contribution in [3.8, 4) is 5.75 Å². The number of halogens is 1. The van der Waals surface area contributed by atoms with Crippen LogP contribution in [0.4, 0.5) is 10.1 Å². The van der Waals surface area contributed by atoms with Gasteiger partial charge in [-0.05, 0) is 48.7 Å². The monoisotopic (exact) mass is 370 g/mol. The van der Waals surface area contributed by atoms with E-state index in [9.17, 15) is 14.0 Å². The van der Waals surface area contributed by atoms with E-state index in [0.29, 0.717) is 5.56 Å². The first-order valence-corrected chi connectivity index (χ1v) is 8.44. The minimum Gasteiger partial charge on any atom is -0.494 e. The van der Waals surface area contributed by atoms with E-state index in [0.717, 1.165) is 16.8 Å². The Bertz CT molecular complexity index is 857. The number of methoxy groups -OCH3 is 1. The van der Waals surface area contributed by atoms with Gasteiger partial charge in [-0.3, -0.25) is 9.59 Å². The van der Waals surface area contributed by atoms with Crippen LogP contribution in [0.1, 0.15) is 16.7 Å². The first-order chi connectivity index (χ1) is 12.8. The van der Waals surface area contributed by atoms with Gasteiger partial charge in [0.1, 0.15) is 0 Å². The van der Waals surface area contributed by atoms with E-state index in [4.69, 9.17) is 4.74 Å². The Morgan fingerprint density at radius 3 is 2.44 bits per heavy atom. The fraction of sp³-hybridized carbons (Fsp3) is 0.238. The van der Waals surface area contributed by atoms with Gasteiger partial charge in [0.25, 0.3) is 0 Å². The lowest BCUT2D eigenvalue weighted by Gasteiger charge is -2.16. The number of nitrogens with one attached hydrogen (secondary N) is 1. The Balaban J connectivity index is 1.96. The van der Waals surface area contributed by atoms with Crippen LogP contribution in [0.5, 0.6) is 5.75 Å². The number of carbonyl (C=O) groups is 2. The predicted octanol–water partition coefficient (Wildman–Crippen LogP) is 3.56. The number of anilines is 1. The summed E-state index contributed by atoms with van der Waals surface area (Å²) >= 11 is 0. The van der Waals surface area contributed by atoms with Crippen LogP contribution in [-0.2, 0) is 9.59 Å². The van der Waals surface area contributed by atoms with E-state index in [1.807, 2.05) is 32.0 Å². The molecule has 5 nitrogen and oxygen atoms in total. The lowest BCUT2D eigenvalue weighted by molar-refractivity contribution is -0.129. The third-order valence-electron chi connectivity index (χ3n) is 4.10. The van der Waals surface area contributed by atoms with Gasteiger partial charge in [-0.15, -0.1) is 0 Å². The van der Waals surface area contributed by atoms with Crippen LogP contribution >= 0.6 is 0 Å². The number of ether oxygens (including phenoxy) is 1. The van der Waals surface area contributed by atoms with Crippen LogP contribution < -0.4 is 10.1 Å². The molecule has 0 spiro atoms. The maximum atomic E-state index is 13.7. The van der Waals surface area contributed by atoms with Crippen molar-refractivity contribution in [3.63, 3.8) is 0 Å². The number of amides is 2. The number of hydrogen-bond acceptors (Lipinski definition) is 3. The molecule has 2 aromatic rings. The van der Waals surface area contributed by atoms with E-state index in [1.54, 1.807) is 6.07 Å². The molecule has 2 aromatic carbocycles. The van der Waals surface area contributed by atoms with E-state index in [2.05, 4.69) is 5.32 Å². The molecule has 0 aliphatic heterocycles. The van der Waals surface area contributed by atoms with Gasteiger partial charge in [0, 0.05) is 18.8 Å². The quantitative estimate of drug-likeness (QED) is 0.791. The van der Waals surface area contributed by atoms with Gasteiger partial charge in [-0.1, -0.05) is 24.3 Å². The second-order valence-electron chi connectivity index (χ2n) is 6.24. The molecule has 0 saturated carbocycles. The van der Waals surface area contributed by atoms with E-state index >= 15 is 0 Å². The van der Waals surface area contributed by atoms with Gasteiger partial charge in [0.15, 0.2) is 11.6 Å². The Hall–Kier alpha value is -3.15. The normalized spacial score (nSPS) is 10.7. The highest BCUT2D eigenvalue weighted by Gasteiger charge is 2.13. The number of nitrogens with zero attached hydrogens (tertiary/aromatic N) is 1. The molecule has 0 aliphatic rings. The first-order valence-electron chi connectivity index (χ1n) is 8.44. The van der Waals surface area contributed by atoms with Crippen LogP contribution in [0.25, 0.3) is 6.08 Å². The molecule has 0 fully saturated rings. The topological polar surface area (TPSA) is 58.6 Å². The SMILES string of the molecule is COc1ccc(/C=C/C(=O)N(C)CC(=O)Nc2c(C)cccc2C)cc1F. The maximum absolute atomic E-state index is 13.7. The molecule has 2 amide bonds. The van der Waals surface area contributed by atoms with Crippen LogP contribution in [0, 0.1) is 19.7 Å². The van der Waals surface area contributed by atoms with Crippen molar-refractivity contribution >= 4 is 23.6 Å². The predicted molar refractivity (Wildman–Crippen MR) is 104 cm³/mol. The van der Waals surface area contributed by atoms with Gasteiger partial charge in [0.2, 0.25) is 11.8 Å². The molecule has 142 valence electrons. The van der Waals surface area contributed by atoms with E-state index < -0.39 is 5.82 Å². The highest BCUT2D eigenvalue weighted by Crippen LogP contribution is 2.20. The Kier molecular flexibility index (Phi) is 6.71. The van der Waals surface area contributed by atoms with Gasteiger partial charge in [0.05, 0.1) is 13.7 Å². The van der Waals surface area contributed by atoms with Crippen LogP contribution in [-0.4, -0.2) is 37.4 Å². The summed E-state index contributed by atoms with van der Waals surface area (Å²) in [7, 11) is 2.92. The van der Waals surface area contributed by atoms with Crippen LogP contribution in [0.15, 0.2) is 42.5 Å². The van der Waals surface area contributed by atoms with Gasteiger partial charge < -0.3 is 15.0 Å². The summed E-state index contributed by atoms with van der Waals surface area (Å²) in [6.07, 6.45) is 2.79. The molecule has 0 saturated heterocycles. The molecule has 0 aromatic heterocycles. The summed E-state index contributed by atoms with van der Waals surface area (Å²) in [5.74, 6) is -1.01. The molecule has 0 aliphatic carbocycles. The Morgan fingerprint density at radius 1 is 1.19 bits per heavy atom. The maximum Gasteiger partial charge on any atom is 0.246 e. The van der Waals surface area contributed by atoms with Crippen molar-refractivity contribution in [1.29, 1.82) is 0 Å². The zero-order chi connectivity index (χ0) is 20.0. The Morgan fingerprint density at radius 2 is 1.85 bits per heavy atom. The lowest BCUT2D eigenvalue weighted by atomic mass is 10.1. The van der Waals surface area contributed by atoms with Crippen molar-refractivity contribution in [1.82, 2.24) is 4.90 Å². The van der Waals surface area contributed by atoms with Crippen LogP contribution in [0.2, 0.25) is 0 Å². The summed E-state index contributed by atoms with van der Waals surface area (Å²) in [6.45, 7) is 3.73. The second-order valence-corrected chi connectivity index (χ2v) is 6.24. The molecule has 2 rings (SSSR count). The fourth-order valence-corrected chi connectivity index (χ4v) is 2.56. The minimum absolute atomic E-state index is 0.0894. The number of para-hydroxylation sites is 1. The summed E-state index contributed by atoms with van der Waals surface area (Å²) in [6, 6.07) is 10.1. The molecule has 1 N–H and O–H groups in total. The van der Waals surface area contributed by atoms with E-state index in [-0.39, 0.29) is 24.1 Å². The van der Waals surface area contributed by atoms with E-state index in [1.165, 1.54) is 43.3 Å². The van der Waals surface area contributed by atoms with Crippen molar-refractivity contribution in [2.45, 2.75) is 13.8 Å². The van der Waals surface area contributed by atoms with Gasteiger partial charge >= 0.3 is 0 Å². The molecule has 0 atom stereocenters. The summed E-state index contributed by atoms with van der Waals surface area (Å²) in [5.41, 5.74) is 3.19. The highest BCUT2D eigenvalue weighted by molar-refractivity contribution is 5.98. The van der Waals surface area contributed by atoms with Crippen LogP contribution in [0.3, 0.4) is 0 Å². The number of benzene rings is 2. The fourth-order valence-electron chi connectivity index (χ4n) is 2.56. The van der Waals surface area contributed by atoms with Crippen molar-refractivity contribution in [3.05, 3.63) is 65.0 Å². The lowest BCUT2D eigenvalue weighted by Crippen LogP contribution is -2.34. The van der Waals surface area contributed by atoms with Crippen molar-refractivity contribution in [2.75, 3.05) is 26.0 Å². The third kappa shape index (κ3) is 5.41. The largest absolute Gasteiger partial charge is 0.494 e. The number of aryl methyl sites for hydroxylation is 2. The molecule has 0 unspecified atom stereocenters. The number of likely N-dealkylation sites (N-methyl/N-ethyl adjacent to an activating group) is 1. The molecular formula is C21H23FN2O3. The number of hydrogen-bond donors (Lipinski definition) is 1. The summed E-state index contributed by atoms with van der Waals surface area (Å²) in [5, 5.41) is 2.84. The smallest absolute Gasteiger partial charge is 0.246 e.